The minimum Gasteiger partial charge on any atom is -0.492 e. The number of hydrogen-bond donors (Lipinski definition) is 2. The molecule has 0 aliphatic carbocycles. The van der Waals surface area contributed by atoms with Gasteiger partial charge in [0.2, 0.25) is 11.1 Å². The Labute approximate surface area is 283 Å². The molecule has 2 N–H and O–H groups in total. The zero-order valence-electron chi connectivity index (χ0n) is 26.9. The summed E-state index contributed by atoms with van der Waals surface area (Å²) in [6.07, 6.45) is 2.15. The molecule has 0 radical (unpaired) electrons. The number of amides is 1. The number of nitrogens with one attached hydrogen (secondary N) is 2. The fraction of sp³-hybridized carbons (Fsp3) is 0.343. The molecule has 1 aromatic heterocycles. The van der Waals surface area contributed by atoms with Gasteiger partial charge in [0.1, 0.15) is 18.4 Å². The first-order chi connectivity index (χ1) is 22.3. The quantitative estimate of drug-likeness (QED) is 0.0995. The first-order valence-corrected chi connectivity index (χ1v) is 17.4. The highest BCUT2D eigenvalue weighted by atomic mass is 79.9. The largest absolute Gasteiger partial charge is 0.492 e. The Morgan fingerprint density at radius 1 is 1.00 bits per heavy atom. The van der Waals surface area contributed by atoms with Gasteiger partial charge < -0.3 is 24.8 Å². The van der Waals surface area contributed by atoms with Gasteiger partial charge in [-0.25, -0.2) is 4.68 Å². The normalized spacial score (nSPS) is 14.0. The van der Waals surface area contributed by atoms with Crippen LogP contribution >= 0.6 is 27.7 Å². The van der Waals surface area contributed by atoms with Gasteiger partial charge in [-0.2, -0.15) is 4.98 Å². The van der Waals surface area contributed by atoms with E-state index in [1.54, 1.807) is 16.4 Å². The van der Waals surface area contributed by atoms with Crippen LogP contribution in [0.1, 0.15) is 63.3 Å². The zero-order valence-corrected chi connectivity index (χ0v) is 29.3. The molecule has 1 atom stereocenters. The molecular weight excluding hydrogens is 666 g/mol. The number of para-hydroxylation sites is 2. The number of aryl methyl sites for hydroxylation is 1. The SMILES string of the molecule is CCCCSc1nc2n(n1)C(c1cc(Br)c(OCc3ccc(C)cc3)c(OCC)c1)C(C(=O)Nc1ccccc1OCC)=C(C)N2. The van der Waals surface area contributed by atoms with Crippen molar-refractivity contribution in [1.82, 2.24) is 14.8 Å². The van der Waals surface area contributed by atoms with Crippen LogP contribution in [0.2, 0.25) is 0 Å². The molecule has 5 rings (SSSR count). The summed E-state index contributed by atoms with van der Waals surface area (Å²) in [5.41, 5.74) is 4.79. The van der Waals surface area contributed by atoms with Crippen LogP contribution < -0.4 is 24.8 Å². The lowest BCUT2D eigenvalue weighted by Crippen LogP contribution is -2.31. The summed E-state index contributed by atoms with van der Waals surface area (Å²) in [5, 5.41) is 12.0. The second-order valence-electron chi connectivity index (χ2n) is 10.9. The molecular formula is C35H40BrN5O4S. The van der Waals surface area contributed by atoms with Crippen molar-refractivity contribution in [3.63, 3.8) is 0 Å². The summed E-state index contributed by atoms with van der Waals surface area (Å²) in [5.74, 6) is 2.96. The van der Waals surface area contributed by atoms with Crippen molar-refractivity contribution in [1.29, 1.82) is 0 Å². The molecule has 0 saturated heterocycles. The number of nitrogens with zero attached hydrogens (tertiary/aromatic N) is 3. The number of carbonyl (C=O) groups excluding carboxylic acids is 1. The van der Waals surface area contributed by atoms with Gasteiger partial charge in [0.15, 0.2) is 11.5 Å². The van der Waals surface area contributed by atoms with Crippen molar-refractivity contribution in [2.45, 2.75) is 65.3 Å². The smallest absolute Gasteiger partial charge is 0.255 e. The Morgan fingerprint density at radius 2 is 1.74 bits per heavy atom. The molecule has 46 heavy (non-hydrogen) atoms. The van der Waals surface area contributed by atoms with Crippen molar-refractivity contribution in [3.05, 3.63) is 93.1 Å². The van der Waals surface area contributed by atoms with Gasteiger partial charge in [-0.15, -0.1) is 5.10 Å². The third kappa shape index (κ3) is 7.70. The van der Waals surface area contributed by atoms with Crippen LogP contribution in [0, 0.1) is 6.92 Å². The summed E-state index contributed by atoms with van der Waals surface area (Å²) < 4.78 is 20.7. The third-order valence-corrected chi connectivity index (χ3v) is 8.91. The summed E-state index contributed by atoms with van der Waals surface area (Å²) in [4.78, 5) is 19.0. The van der Waals surface area contributed by atoms with E-state index in [9.17, 15) is 4.79 Å². The monoisotopic (exact) mass is 705 g/mol. The zero-order chi connectivity index (χ0) is 32.6. The predicted octanol–water partition coefficient (Wildman–Crippen LogP) is 8.55. The van der Waals surface area contributed by atoms with Crippen LogP contribution in [0.4, 0.5) is 11.6 Å². The van der Waals surface area contributed by atoms with Gasteiger partial charge in [0, 0.05) is 11.4 Å². The van der Waals surface area contributed by atoms with E-state index >= 15 is 0 Å². The molecule has 0 fully saturated rings. The van der Waals surface area contributed by atoms with Gasteiger partial charge in [-0.05, 0) is 85.4 Å². The molecule has 242 valence electrons. The molecule has 1 aliphatic rings. The number of halogens is 1. The summed E-state index contributed by atoms with van der Waals surface area (Å²) >= 11 is 5.36. The summed E-state index contributed by atoms with van der Waals surface area (Å²) in [6.45, 7) is 11.2. The fourth-order valence-corrected chi connectivity index (χ4v) is 6.62. The van der Waals surface area contributed by atoms with E-state index in [4.69, 9.17) is 24.3 Å². The number of benzene rings is 3. The molecule has 4 aromatic rings. The van der Waals surface area contributed by atoms with Gasteiger partial charge in [-0.1, -0.05) is 67.1 Å². The standard InChI is InChI=1S/C35H40BrN5O4S/c1-6-9-18-46-35-39-34-37-23(5)30(33(42)38-27-12-10-11-13-28(27)43-7-2)31(41(34)40-35)25-19-26(36)32(29(20-25)44-8-3)45-21-24-16-14-22(4)15-17-24/h10-17,19-20,31H,6-9,18,21H2,1-5H3,(H,38,42)(H,37,39,40). The van der Waals surface area contributed by atoms with Crippen molar-refractivity contribution in [3.8, 4) is 17.2 Å². The number of hydrogen-bond acceptors (Lipinski definition) is 8. The highest BCUT2D eigenvalue weighted by Crippen LogP contribution is 2.44. The van der Waals surface area contributed by atoms with Gasteiger partial charge in [-0.3, -0.25) is 4.79 Å². The Bertz CT molecular complexity index is 1710. The number of rotatable bonds is 14. The second kappa shape index (κ2) is 15.6. The van der Waals surface area contributed by atoms with Crippen LogP contribution in [-0.2, 0) is 11.4 Å². The average Bonchev–Trinajstić information content (AvgIpc) is 3.44. The molecule has 11 heteroatoms. The average molecular weight is 707 g/mol. The van der Waals surface area contributed by atoms with Crippen LogP contribution in [0.3, 0.4) is 0 Å². The highest BCUT2D eigenvalue weighted by Gasteiger charge is 2.36. The van der Waals surface area contributed by atoms with E-state index in [0.29, 0.717) is 69.6 Å². The van der Waals surface area contributed by atoms with Crippen LogP contribution in [0.15, 0.2) is 81.6 Å². The van der Waals surface area contributed by atoms with E-state index < -0.39 is 6.04 Å². The maximum Gasteiger partial charge on any atom is 0.255 e. The topological polar surface area (TPSA) is 99.5 Å². The number of unbranched alkanes of at least 4 members (excludes halogenated alkanes) is 1. The Kier molecular flexibility index (Phi) is 11.3. The number of ether oxygens (including phenoxy) is 3. The number of aromatic nitrogens is 3. The first kappa shape index (κ1) is 33.4. The lowest BCUT2D eigenvalue weighted by atomic mass is 9.94. The predicted molar refractivity (Wildman–Crippen MR) is 187 cm³/mol. The number of anilines is 2. The minimum atomic E-state index is -0.606. The lowest BCUT2D eigenvalue weighted by molar-refractivity contribution is -0.113. The molecule has 1 amide bonds. The Morgan fingerprint density at radius 3 is 2.48 bits per heavy atom. The van der Waals surface area contributed by atoms with E-state index in [1.807, 2.05) is 57.2 Å². The molecule has 0 spiro atoms. The van der Waals surface area contributed by atoms with Crippen molar-refractivity contribution in [2.24, 2.45) is 0 Å². The molecule has 1 aliphatic heterocycles. The maximum absolute atomic E-state index is 14.2. The number of carbonyl (C=O) groups is 1. The molecule has 9 nitrogen and oxygen atoms in total. The molecule has 0 bridgehead atoms. The lowest BCUT2D eigenvalue weighted by Gasteiger charge is -2.29. The third-order valence-electron chi connectivity index (χ3n) is 7.39. The maximum atomic E-state index is 14.2. The molecule has 0 saturated carbocycles. The summed E-state index contributed by atoms with van der Waals surface area (Å²) in [6, 6.07) is 18.9. The van der Waals surface area contributed by atoms with E-state index in [-0.39, 0.29) is 5.91 Å². The van der Waals surface area contributed by atoms with Crippen LogP contribution in [0.5, 0.6) is 17.2 Å². The Balaban J connectivity index is 1.56. The second-order valence-corrected chi connectivity index (χ2v) is 12.8. The van der Waals surface area contributed by atoms with E-state index in [0.717, 1.165) is 29.7 Å². The van der Waals surface area contributed by atoms with E-state index in [2.05, 4.69) is 64.7 Å². The number of fused-ring (bicyclic) bond motifs is 1. The number of allylic oxidation sites excluding steroid dienone is 1. The minimum absolute atomic E-state index is 0.280. The molecule has 1 unspecified atom stereocenters. The van der Waals surface area contributed by atoms with Crippen molar-refractivity contribution >= 4 is 45.2 Å². The van der Waals surface area contributed by atoms with Crippen LogP contribution in [-0.4, -0.2) is 39.6 Å². The highest BCUT2D eigenvalue weighted by molar-refractivity contribution is 9.10. The van der Waals surface area contributed by atoms with E-state index in [1.165, 1.54) is 5.56 Å². The fourth-order valence-electron chi connectivity index (χ4n) is 5.13. The molecule has 2 heterocycles. The number of thioether (sulfide) groups is 1. The summed E-state index contributed by atoms with van der Waals surface area (Å²) in [7, 11) is 0. The van der Waals surface area contributed by atoms with Gasteiger partial charge >= 0.3 is 0 Å². The first-order valence-electron chi connectivity index (χ1n) is 15.6. The van der Waals surface area contributed by atoms with Crippen molar-refractivity contribution < 1.29 is 19.0 Å². The van der Waals surface area contributed by atoms with Crippen molar-refractivity contribution in [2.75, 3.05) is 29.6 Å². The Hall–Kier alpha value is -3.96. The van der Waals surface area contributed by atoms with Crippen LogP contribution in [0.25, 0.3) is 0 Å². The van der Waals surface area contributed by atoms with Gasteiger partial charge in [0.25, 0.3) is 5.91 Å². The molecule has 3 aromatic carbocycles. The van der Waals surface area contributed by atoms with Gasteiger partial charge in [0.05, 0.1) is 28.9 Å².